The number of aromatic amines is 1. The van der Waals surface area contributed by atoms with Crippen molar-refractivity contribution in [1.29, 1.82) is 0 Å². The SMILES string of the molecule is CCc1ccc2[nH]cc(C(S)(S)[C@H]3CCCN3C)c2c1. The number of nitrogens with one attached hydrogen (secondary N) is 1. The van der Waals surface area contributed by atoms with Crippen LogP contribution in [0.3, 0.4) is 0 Å². The Labute approximate surface area is 131 Å². The molecular weight excluding hydrogens is 284 g/mol. The number of benzene rings is 1. The number of H-pyrrole nitrogens is 1. The Morgan fingerprint density at radius 1 is 1.40 bits per heavy atom. The number of rotatable bonds is 3. The number of aryl methyl sites for hydroxylation is 1. The van der Waals surface area contributed by atoms with Crippen molar-refractivity contribution in [3.63, 3.8) is 0 Å². The van der Waals surface area contributed by atoms with Crippen molar-refractivity contribution in [1.82, 2.24) is 9.88 Å². The van der Waals surface area contributed by atoms with E-state index < -0.39 is 4.08 Å². The molecule has 1 aliphatic heterocycles. The number of likely N-dealkylation sites (N-methyl/N-ethyl adjacent to an activating group) is 1. The molecule has 1 fully saturated rings. The van der Waals surface area contributed by atoms with Gasteiger partial charge in [-0.2, -0.15) is 25.3 Å². The first kappa shape index (κ1) is 14.4. The minimum atomic E-state index is -0.421. The third-order valence-corrected chi connectivity index (χ3v) is 5.61. The summed E-state index contributed by atoms with van der Waals surface area (Å²) >= 11 is 9.88. The zero-order valence-corrected chi connectivity index (χ0v) is 13.8. The summed E-state index contributed by atoms with van der Waals surface area (Å²) < 4.78 is -0.421. The standard InChI is InChI=1S/C16H22N2S2/c1-3-11-6-7-14-12(9-11)13(10-17-14)16(19,20)15-5-4-8-18(15)2/h6-7,9-10,15,17,19-20H,3-5,8H2,1-2H3/t15-/m1/s1. The molecule has 4 heteroatoms. The van der Waals surface area contributed by atoms with Crippen LogP contribution in [0.1, 0.15) is 30.9 Å². The van der Waals surface area contributed by atoms with E-state index in [2.05, 4.69) is 48.3 Å². The third-order valence-electron chi connectivity index (χ3n) is 4.54. The average Bonchev–Trinajstić information content (AvgIpc) is 3.04. The van der Waals surface area contributed by atoms with E-state index in [0.717, 1.165) is 19.4 Å². The summed E-state index contributed by atoms with van der Waals surface area (Å²) in [5.74, 6) is 0. The van der Waals surface area contributed by atoms with Gasteiger partial charge in [0.2, 0.25) is 0 Å². The molecule has 1 saturated heterocycles. The van der Waals surface area contributed by atoms with Crippen molar-refractivity contribution >= 4 is 36.2 Å². The van der Waals surface area contributed by atoms with Crippen LogP contribution in [0.4, 0.5) is 0 Å². The minimum absolute atomic E-state index is 0.374. The topological polar surface area (TPSA) is 19.0 Å². The average molecular weight is 306 g/mol. The van der Waals surface area contributed by atoms with Crippen LogP contribution < -0.4 is 0 Å². The van der Waals surface area contributed by atoms with Gasteiger partial charge in [-0.3, -0.25) is 0 Å². The molecule has 1 aromatic heterocycles. The van der Waals surface area contributed by atoms with E-state index >= 15 is 0 Å². The third kappa shape index (κ3) is 2.28. The van der Waals surface area contributed by atoms with Crippen molar-refractivity contribution in [3.8, 4) is 0 Å². The molecule has 2 heterocycles. The van der Waals surface area contributed by atoms with Crippen molar-refractivity contribution in [2.45, 2.75) is 36.3 Å². The minimum Gasteiger partial charge on any atom is -0.361 e. The highest BCUT2D eigenvalue weighted by molar-refractivity contribution is 7.99. The molecule has 0 radical (unpaired) electrons. The molecule has 2 nitrogen and oxygen atoms in total. The van der Waals surface area contributed by atoms with Crippen LogP contribution >= 0.6 is 25.3 Å². The molecule has 2 aromatic rings. The van der Waals surface area contributed by atoms with Gasteiger partial charge in [-0.1, -0.05) is 13.0 Å². The molecule has 0 spiro atoms. The molecular formula is C16H22N2S2. The van der Waals surface area contributed by atoms with E-state index in [4.69, 9.17) is 25.3 Å². The van der Waals surface area contributed by atoms with Crippen LogP contribution in [0.25, 0.3) is 10.9 Å². The predicted molar refractivity (Wildman–Crippen MR) is 93.0 cm³/mol. The molecule has 3 rings (SSSR count). The maximum atomic E-state index is 4.94. The van der Waals surface area contributed by atoms with E-state index in [1.54, 1.807) is 0 Å². The van der Waals surface area contributed by atoms with E-state index in [1.807, 2.05) is 0 Å². The van der Waals surface area contributed by atoms with Crippen molar-refractivity contribution in [2.75, 3.05) is 13.6 Å². The van der Waals surface area contributed by atoms with Gasteiger partial charge in [0.15, 0.2) is 0 Å². The summed E-state index contributed by atoms with van der Waals surface area (Å²) in [5, 5.41) is 1.26. The van der Waals surface area contributed by atoms with Gasteiger partial charge in [0.1, 0.15) is 0 Å². The van der Waals surface area contributed by atoms with Gasteiger partial charge in [0, 0.05) is 28.7 Å². The first-order valence-electron chi connectivity index (χ1n) is 7.29. The number of thiol groups is 2. The lowest BCUT2D eigenvalue weighted by atomic mass is 10.00. The highest BCUT2D eigenvalue weighted by atomic mass is 32.2. The lowest BCUT2D eigenvalue weighted by Crippen LogP contribution is -2.38. The van der Waals surface area contributed by atoms with Crippen molar-refractivity contribution in [3.05, 3.63) is 35.5 Å². The number of hydrogen-bond donors (Lipinski definition) is 3. The number of aromatic nitrogens is 1. The van der Waals surface area contributed by atoms with Crippen LogP contribution in [-0.2, 0) is 10.5 Å². The van der Waals surface area contributed by atoms with E-state index in [1.165, 1.54) is 28.5 Å². The zero-order valence-electron chi connectivity index (χ0n) is 12.1. The van der Waals surface area contributed by atoms with Crippen molar-refractivity contribution < 1.29 is 0 Å². The lowest BCUT2D eigenvalue weighted by molar-refractivity contribution is 0.295. The summed E-state index contributed by atoms with van der Waals surface area (Å²) in [5.41, 5.74) is 3.73. The molecule has 20 heavy (non-hydrogen) atoms. The Balaban J connectivity index is 2.08. The Morgan fingerprint density at radius 2 is 2.20 bits per heavy atom. The molecule has 0 saturated carbocycles. The largest absolute Gasteiger partial charge is 0.361 e. The van der Waals surface area contributed by atoms with Crippen molar-refractivity contribution in [2.24, 2.45) is 0 Å². The maximum absolute atomic E-state index is 4.94. The van der Waals surface area contributed by atoms with Gasteiger partial charge < -0.3 is 9.88 Å². The second-order valence-corrected chi connectivity index (χ2v) is 7.56. The zero-order chi connectivity index (χ0) is 14.3. The van der Waals surface area contributed by atoms with Gasteiger partial charge in [-0.15, -0.1) is 0 Å². The summed E-state index contributed by atoms with van der Waals surface area (Å²) in [6.45, 7) is 3.32. The fourth-order valence-corrected chi connectivity index (χ4v) is 4.31. The maximum Gasteiger partial charge on any atom is 0.0979 e. The van der Waals surface area contributed by atoms with Crippen LogP contribution in [0.2, 0.25) is 0 Å². The molecule has 108 valence electrons. The first-order valence-corrected chi connectivity index (χ1v) is 8.19. The molecule has 1 aliphatic rings. The second-order valence-electron chi connectivity index (χ2n) is 5.80. The van der Waals surface area contributed by atoms with E-state index in [9.17, 15) is 0 Å². The van der Waals surface area contributed by atoms with E-state index in [0.29, 0.717) is 6.04 Å². The highest BCUT2D eigenvalue weighted by Crippen LogP contribution is 2.45. The van der Waals surface area contributed by atoms with Gasteiger partial charge in [-0.25, -0.2) is 0 Å². The fraction of sp³-hybridized carbons (Fsp3) is 0.500. The number of fused-ring (bicyclic) bond motifs is 1. The monoisotopic (exact) mass is 306 g/mol. The molecule has 0 unspecified atom stereocenters. The van der Waals surface area contributed by atoms with E-state index in [-0.39, 0.29) is 0 Å². The van der Waals surface area contributed by atoms with Crippen LogP contribution in [0.15, 0.2) is 24.4 Å². The molecule has 0 amide bonds. The molecule has 1 aromatic carbocycles. The summed E-state index contributed by atoms with van der Waals surface area (Å²) in [7, 11) is 2.17. The molecule has 0 bridgehead atoms. The Morgan fingerprint density at radius 3 is 2.85 bits per heavy atom. The molecule has 1 atom stereocenters. The predicted octanol–water partition coefficient (Wildman–Crippen LogP) is 3.84. The number of likely N-dealkylation sites (tertiary alicyclic amines) is 1. The normalized spacial score (nSPS) is 20.9. The second kappa shape index (κ2) is 5.32. The quantitative estimate of drug-likeness (QED) is 0.581. The Bertz CT molecular complexity index is 618. The summed E-state index contributed by atoms with van der Waals surface area (Å²) in [4.78, 5) is 5.75. The van der Waals surface area contributed by atoms with Crippen LogP contribution in [0, 0.1) is 0 Å². The van der Waals surface area contributed by atoms with Gasteiger partial charge in [-0.05, 0) is 50.6 Å². The number of hydrogen-bond acceptors (Lipinski definition) is 3. The van der Waals surface area contributed by atoms with Crippen LogP contribution in [-0.4, -0.2) is 29.5 Å². The van der Waals surface area contributed by atoms with Gasteiger partial charge in [0.25, 0.3) is 0 Å². The smallest absolute Gasteiger partial charge is 0.0979 e. The Hall–Kier alpha value is -0.580. The Kier molecular flexibility index (Phi) is 3.82. The van der Waals surface area contributed by atoms with Gasteiger partial charge >= 0.3 is 0 Å². The molecule has 1 N–H and O–H groups in total. The first-order chi connectivity index (χ1) is 9.54. The summed E-state index contributed by atoms with van der Waals surface area (Å²) in [6.07, 6.45) is 5.52. The summed E-state index contributed by atoms with van der Waals surface area (Å²) in [6, 6.07) is 6.99. The highest BCUT2D eigenvalue weighted by Gasteiger charge is 2.40. The fourth-order valence-electron chi connectivity index (χ4n) is 3.29. The van der Waals surface area contributed by atoms with Crippen LogP contribution in [0.5, 0.6) is 0 Å². The lowest BCUT2D eigenvalue weighted by Gasteiger charge is -2.34. The molecule has 0 aliphatic carbocycles. The van der Waals surface area contributed by atoms with Gasteiger partial charge in [0.05, 0.1) is 4.08 Å². The number of nitrogens with zero attached hydrogens (tertiary/aromatic N) is 1.